The van der Waals surface area contributed by atoms with Gasteiger partial charge >= 0.3 is 0 Å². The van der Waals surface area contributed by atoms with Gasteiger partial charge in [0.1, 0.15) is 18.7 Å². The van der Waals surface area contributed by atoms with Crippen molar-refractivity contribution in [3.05, 3.63) is 72.1 Å². The molecule has 1 aliphatic rings. The summed E-state index contributed by atoms with van der Waals surface area (Å²) in [4.78, 5) is 0. The molecule has 6 heteroatoms. The maximum absolute atomic E-state index is 6.10. The van der Waals surface area contributed by atoms with Gasteiger partial charge in [0.05, 0.1) is 11.1 Å². The molecule has 29 heavy (non-hydrogen) atoms. The minimum Gasteiger partial charge on any atom is -0.489 e. The van der Waals surface area contributed by atoms with E-state index in [1.165, 1.54) is 5.56 Å². The molecule has 0 amide bonds. The molecule has 148 valence electrons. The fraction of sp³-hybridized carbons (Fsp3) is 0.304. The van der Waals surface area contributed by atoms with E-state index in [-0.39, 0.29) is 5.60 Å². The number of benzene rings is 2. The van der Waals surface area contributed by atoms with Gasteiger partial charge in [0.2, 0.25) is 0 Å². The lowest BCUT2D eigenvalue weighted by Gasteiger charge is -2.36. The third-order valence-corrected chi connectivity index (χ3v) is 5.79. The SMILES string of the molecule is COC1(c2cccc(COc3ccc4c(ccc5nncn54)c3)c2)CCOCC1. The van der Waals surface area contributed by atoms with E-state index in [1.54, 1.807) is 13.4 Å². The number of pyridine rings is 1. The highest BCUT2D eigenvalue weighted by Crippen LogP contribution is 2.36. The van der Waals surface area contributed by atoms with E-state index < -0.39 is 0 Å². The van der Waals surface area contributed by atoms with E-state index in [4.69, 9.17) is 14.2 Å². The fourth-order valence-corrected chi connectivity index (χ4v) is 4.11. The number of hydrogen-bond donors (Lipinski definition) is 0. The Morgan fingerprint density at radius 1 is 1.07 bits per heavy atom. The molecule has 1 aliphatic heterocycles. The monoisotopic (exact) mass is 389 g/mol. The Balaban J connectivity index is 1.36. The van der Waals surface area contributed by atoms with E-state index >= 15 is 0 Å². The van der Waals surface area contributed by atoms with Crippen molar-refractivity contribution in [3.8, 4) is 5.75 Å². The number of methoxy groups -OCH3 is 1. The Bertz CT molecular complexity index is 1150. The van der Waals surface area contributed by atoms with Crippen molar-refractivity contribution in [2.75, 3.05) is 20.3 Å². The number of ether oxygens (including phenoxy) is 3. The van der Waals surface area contributed by atoms with E-state index in [9.17, 15) is 0 Å². The zero-order chi connectivity index (χ0) is 19.7. The highest BCUT2D eigenvalue weighted by Gasteiger charge is 2.34. The van der Waals surface area contributed by atoms with Crippen LogP contribution >= 0.6 is 0 Å². The molecule has 0 bridgehead atoms. The lowest BCUT2D eigenvalue weighted by atomic mass is 9.85. The first-order chi connectivity index (χ1) is 14.3. The van der Waals surface area contributed by atoms with Gasteiger partial charge in [-0.05, 0) is 47.5 Å². The van der Waals surface area contributed by atoms with Gasteiger partial charge in [-0.2, -0.15) is 0 Å². The van der Waals surface area contributed by atoms with Crippen LogP contribution in [0, 0.1) is 0 Å². The average Bonchev–Trinajstić information content (AvgIpc) is 3.27. The number of hydrogen-bond acceptors (Lipinski definition) is 5. The smallest absolute Gasteiger partial charge is 0.161 e. The molecule has 0 saturated carbocycles. The molecule has 6 nitrogen and oxygen atoms in total. The van der Waals surface area contributed by atoms with Crippen molar-refractivity contribution >= 4 is 16.6 Å². The highest BCUT2D eigenvalue weighted by molar-refractivity contribution is 5.83. The van der Waals surface area contributed by atoms with Crippen LogP contribution < -0.4 is 4.74 Å². The van der Waals surface area contributed by atoms with Gasteiger partial charge in [-0.3, -0.25) is 4.40 Å². The van der Waals surface area contributed by atoms with E-state index in [1.807, 2.05) is 34.7 Å². The molecule has 0 aliphatic carbocycles. The fourth-order valence-electron chi connectivity index (χ4n) is 4.11. The summed E-state index contributed by atoms with van der Waals surface area (Å²) in [5.74, 6) is 0.836. The number of fused-ring (bicyclic) bond motifs is 3. The third-order valence-electron chi connectivity index (χ3n) is 5.79. The molecular weight excluding hydrogens is 366 g/mol. The third kappa shape index (κ3) is 3.34. The lowest BCUT2D eigenvalue weighted by Crippen LogP contribution is -2.35. The van der Waals surface area contributed by atoms with Gasteiger partial charge in [0, 0.05) is 38.6 Å². The van der Waals surface area contributed by atoms with Crippen molar-refractivity contribution in [1.82, 2.24) is 14.6 Å². The molecule has 3 heterocycles. The van der Waals surface area contributed by atoms with Gasteiger partial charge in [-0.1, -0.05) is 18.2 Å². The van der Waals surface area contributed by atoms with E-state index in [2.05, 4.69) is 34.5 Å². The van der Waals surface area contributed by atoms with Gasteiger partial charge in [-0.25, -0.2) is 0 Å². The summed E-state index contributed by atoms with van der Waals surface area (Å²) in [5, 5.41) is 9.15. The zero-order valence-corrected chi connectivity index (χ0v) is 16.4. The number of nitrogens with zero attached hydrogens (tertiary/aromatic N) is 3. The van der Waals surface area contributed by atoms with Crippen LogP contribution in [0.2, 0.25) is 0 Å². The Labute approximate surface area is 169 Å². The number of rotatable bonds is 5. The largest absolute Gasteiger partial charge is 0.489 e. The van der Waals surface area contributed by atoms with Gasteiger partial charge in [0.15, 0.2) is 5.65 Å². The van der Waals surface area contributed by atoms with Gasteiger partial charge in [-0.15, -0.1) is 10.2 Å². The van der Waals surface area contributed by atoms with Crippen LogP contribution in [0.3, 0.4) is 0 Å². The second-order valence-electron chi connectivity index (χ2n) is 7.41. The highest BCUT2D eigenvalue weighted by atomic mass is 16.5. The summed E-state index contributed by atoms with van der Waals surface area (Å²) in [6.45, 7) is 1.96. The predicted molar refractivity (Wildman–Crippen MR) is 110 cm³/mol. The average molecular weight is 389 g/mol. The van der Waals surface area contributed by atoms with Crippen LogP contribution in [0.5, 0.6) is 5.75 Å². The molecule has 0 N–H and O–H groups in total. The summed E-state index contributed by atoms with van der Waals surface area (Å²) >= 11 is 0. The normalized spacial score (nSPS) is 16.3. The Hall–Kier alpha value is -2.96. The van der Waals surface area contributed by atoms with Crippen LogP contribution in [0.15, 0.2) is 60.9 Å². The topological polar surface area (TPSA) is 57.9 Å². The molecule has 2 aromatic heterocycles. The first-order valence-electron chi connectivity index (χ1n) is 9.85. The second kappa shape index (κ2) is 7.46. The van der Waals surface area contributed by atoms with Gasteiger partial charge in [0.25, 0.3) is 0 Å². The summed E-state index contributed by atoms with van der Waals surface area (Å²) in [6.07, 6.45) is 3.47. The van der Waals surface area contributed by atoms with Crippen LogP contribution in [0.4, 0.5) is 0 Å². The Morgan fingerprint density at radius 3 is 2.83 bits per heavy atom. The predicted octanol–water partition coefficient (Wildman–Crippen LogP) is 4.11. The first-order valence-corrected chi connectivity index (χ1v) is 9.85. The van der Waals surface area contributed by atoms with Crippen LogP contribution in [-0.2, 0) is 21.7 Å². The molecule has 0 spiro atoms. The molecule has 1 saturated heterocycles. The molecule has 0 radical (unpaired) electrons. The maximum Gasteiger partial charge on any atom is 0.161 e. The van der Waals surface area contributed by atoms with Gasteiger partial charge < -0.3 is 14.2 Å². The van der Waals surface area contributed by atoms with Crippen molar-refractivity contribution in [2.24, 2.45) is 0 Å². The maximum atomic E-state index is 6.10. The molecule has 4 aromatic rings. The first kappa shape index (κ1) is 18.1. The Morgan fingerprint density at radius 2 is 1.97 bits per heavy atom. The molecule has 5 rings (SSSR count). The zero-order valence-electron chi connectivity index (χ0n) is 16.4. The summed E-state index contributed by atoms with van der Waals surface area (Å²) < 4.78 is 19.5. The van der Waals surface area contributed by atoms with Crippen LogP contribution in [0.25, 0.3) is 16.6 Å². The summed E-state index contributed by atoms with van der Waals surface area (Å²) in [5.41, 5.74) is 3.95. The Kier molecular flexibility index (Phi) is 4.66. The second-order valence-corrected chi connectivity index (χ2v) is 7.41. The van der Waals surface area contributed by atoms with Crippen molar-refractivity contribution in [2.45, 2.75) is 25.0 Å². The molecule has 0 atom stereocenters. The quantitative estimate of drug-likeness (QED) is 0.514. The molecular formula is C23H23N3O3. The minimum atomic E-state index is -0.262. The summed E-state index contributed by atoms with van der Waals surface area (Å²) in [7, 11) is 1.79. The van der Waals surface area contributed by atoms with E-state index in [0.717, 1.165) is 53.9 Å². The molecule has 1 fully saturated rings. The molecule has 0 unspecified atom stereocenters. The number of aromatic nitrogens is 3. The van der Waals surface area contributed by atoms with Crippen molar-refractivity contribution in [3.63, 3.8) is 0 Å². The molecule has 2 aromatic carbocycles. The lowest BCUT2D eigenvalue weighted by molar-refractivity contribution is -0.0948. The standard InChI is InChI=1S/C23H23N3O3/c1-27-23(9-11-28-12-10-23)19-4-2-3-17(13-19)15-29-20-6-7-21-18(14-20)5-8-22-25-24-16-26(21)22/h2-8,13-14,16H,9-12,15H2,1H3. The summed E-state index contributed by atoms with van der Waals surface area (Å²) in [6, 6.07) is 18.6. The van der Waals surface area contributed by atoms with Crippen LogP contribution in [0.1, 0.15) is 24.0 Å². The van der Waals surface area contributed by atoms with Crippen molar-refractivity contribution < 1.29 is 14.2 Å². The van der Waals surface area contributed by atoms with E-state index in [0.29, 0.717) is 6.61 Å². The van der Waals surface area contributed by atoms with Crippen LogP contribution in [-0.4, -0.2) is 34.9 Å². The van der Waals surface area contributed by atoms with Crippen molar-refractivity contribution in [1.29, 1.82) is 0 Å². The minimum absolute atomic E-state index is 0.262.